The van der Waals surface area contributed by atoms with E-state index in [-0.39, 0.29) is 0 Å². The van der Waals surface area contributed by atoms with Gasteiger partial charge in [0, 0.05) is 44.2 Å². The summed E-state index contributed by atoms with van der Waals surface area (Å²) in [5.74, 6) is 0. The van der Waals surface area contributed by atoms with Crippen molar-refractivity contribution in [2.45, 2.75) is 0 Å². The molecule has 0 amide bonds. The van der Waals surface area contributed by atoms with Crippen molar-refractivity contribution in [1.82, 2.24) is 4.57 Å². The number of benzene rings is 11. The Morgan fingerprint density at radius 3 is 1.62 bits per heavy atom. The molecule has 0 N–H and O–H groups in total. The number of aromatic nitrogens is 1. The first kappa shape index (κ1) is 40.1. The molecule has 0 fully saturated rings. The van der Waals surface area contributed by atoms with Crippen LogP contribution in [0.4, 0.5) is 17.1 Å². The van der Waals surface area contributed by atoms with Crippen LogP contribution in [0.15, 0.2) is 271 Å². The van der Waals surface area contributed by atoms with Crippen LogP contribution in [-0.2, 0) is 0 Å². The molecule has 3 nitrogen and oxygen atoms in total. The van der Waals surface area contributed by atoms with Crippen LogP contribution in [0.3, 0.4) is 0 Å². The number of anilines is 3. The van der Waals surface area contributed by atoms with E-state index in [1.807, 2.05) is 12.1 Å². The maximum absolute atomic E-state index is 6.37. The Morgan fingerprint density at radius 2 is 0.826 bits per heavy atom. The third-order valence-corrected chi connectivity index (χ3v) is 13.6. The quantitative estimate of drug-likeness (QED) is 0.144. The van der Waals surface area contributed by atoms with E-state index in [1.54, 1.807) is 0 Å². The molecular weight excluding hydrogens is 837 g/mol. The molecule has 0 bridgehead atoms. The molecule has 11 aromatic carbocycles. The Kier molecular flexibility index (Phi) is 9.84. The Bertz CT molecular complexity index is 4000. The zero-order valence-corrected chi connectivity index (χ0v) is 37.7. The number of hydrogen-bond donors (Lipinski definition) is 0. The van der Waals surface area contributed by atoms with Gasteiger partial charge < -0.3 is 13.9 Å². The van der Waals surface area contributed by atoms with Crippen molar-refractivity contribution < 1.29 is 4.42 Å². The molecule has 324 valence electrons. The van der Waals surface area contributed by atoms with Crippen molar-refractivity contribution in [2.24, 2.45) is 0 Å². The molecule has 0 atom stereocenters. The summed E-state index contributed by atoms with van der Waals surface area (Å²) in [6.07, 6.45) is 0. The molecule has 3 heteroatoms. The van der Waals surface area contributed by atoms with Gasteiger partial charge in [-0.2, -0.15) is 0 Å². The van der Waals surface area contributed by atoms with E-state index in [1.165, 1.54) is 38.5 Å². The summed E-state index contributed by atoms with van der Waals surface area (Å²) < 4.78 is 8.78. The Hall–Kier alpha value is -9.18. The third-order valence-electron chi connectivity index (χ3n) is 13.6. The van der Waals surface area contributed by atoms with E-state index in [2.05, 4.69) is 264 Å². The van der Waals surface area contributed by atoms with Crippen LogP contribution in [-0.4, -0.2) is 4.57 Å². The number of nitrogens with zero attached hydrogens (tertiary/aromatic N) is 2. The fourth-order valence-corrected chi connectivity index (χ4v) is 10.3. The van der Waals surface area contributed by atoms with Crippen LogP contribution in [0.2, 0.25) is 0 Å². The third kappa shape index (κ3) is 7.16. The largest absolute Gasteiger partial charge is 0.456 e. The molecule has 69 heavy (non-hydrogen) atoms. The summed E-state index contributed by atoms with van der Waals surface area (Å²) >= 11 is 0. The minimum absolute atomic E-state index is 0.866. The van der Waals surface area contributed by atoms with Gasteiger partial charge in [0.1, 0.15) is 11.2 Å². The first-order valence-corrected chi connectivity index (χ1v) is 23.6. The molecule has 2 aromatic heterocycles. The van der Waals surface area contributed by atoms with Crippen LogP contribution in [0, 0.1) is 0 Å². The molecule has 0 aliphatic rings. The molecular formula is C66H44N2O. The Balaban J connectivity index is 1.04. The lowest BCUT2D eigenvalue weighted by molar-refractivity contribution is 0.669. The van der Waals surface area contributed by atoms with E-state index < -0.39 is 0 Å². The van der Waals surface area contributed by atoms with Gasteiger partial charge in [0.25, 0.3) is 0 Å². The molecule has 0 unspecified atom stereocenters. The number of hydrogen-bond acceptors (Lipinski definition) is 2. The fraction of sp³-hybridized carbons (Fsp3) is 0. The number of fused-ring (bicyclic) bond motifs is 6. The van der Waals surface area contributed by atoms with E-state index in [4.69, 9.17) is 4.42 Å². The number of para-hydroxylation sites is 4. The lowest BCUT2D eigenvalue weighted by Gasteiger charge is -2.29. The van der Waals surface area contributed by atoms with Crippen molar-refractivity contribution >= 4 is 60.8 Å². The lowest BCUT2D eigenvalue weighted by Crippen LogP contribution is -2.11. The summed E-state index contributed by atoms with van der Waals surface area (Å²) in [5.41, 5.74) is 20.0. The minimum Gasteiger partial charge on any atom is -0.456 e. The lowest BCUT2D eigenvalue weighted by atomic mass is 9.89. The average Bonchev–Trinajstić information content (AvgIpc) is 3.97. The Labute approximate surface area is 401 Å². The minimum atomic E-state index is 0.866. The second-order valence-electron chi connectivity index (χ2n) is 17.7. The molecule has 0 spiro atoms. The molecule has 13 rings (SSSR count). The van der Waals surface area contributed by atoms with Crippen molar-refractivity contribution in [2.75, 3.05) is 4.90 Å². The molecule has 0 saturated carbocycles. The van der Waals surface area contributed by atoms with Crippen molar-refractivity contribution in [3.8, 4) is 61.3 Å². The zero-order chi connectivity index (χ0) is 45.7. The van der Waals surface area contributed by atoms with Gasteiger partial charge >= 0.3 is 0 Å². The molecule has 0 radical (unpaired) electrons. The molecule has 2 heterocycles. The van der Waals surface area contributed by atoms with E-state index in [0.717, 1.165) is 83.6 Å². The second kappa shape index (κ2) is 16.9. The summed E-state index contributed by atoms with van der Waals surface area (Å²) in [6, 6.07) is 96.4. The van der Waals surface area contributed by atoms with Gasteiger partial charge in [-0.3, -0.25) is 0 Å². The van der Waals surface area contributed by atoms with Crippen LogP contribution in [0.5, 0.6) is 0 Å². The van der Waals surface area contributed by atoms with Crippen molar-refractivity contribution in [3.05, 3.63) is 267 Å². The van der Waals surface area contributed by atoms with Gasteiger partial charge in [0.05, 0.1) is 16.7 Å². The van der Waals surface area contributed by atoms with Crippen LogP contribution in [0.1, 0.15) is 0 Å². The smallest absolute Gasteiger partial charge is 0.135 e. The summed E-state index contributed by atoms with van der Waals surface area (Å²) in [6.45, 7) is 0. The van der Waals surface area contributed by atoms with E-state index >= 15 is 0 Å². The summed E-state index contributed by atoms with van der Waals surface area (Å²) in [7, 11) is 0. The standard InChI is InChI=1S/C66H44N2O/c1-4-17-45(18-5-1)47-31-35-53(36-32-47)67(54-37-40-66-61(44-54)59-27-12-15-30-65(59)69-66)62-28-13-10-25-56(62)55-38-33-50(49-22-16-21-48(41-49)46-19-6-2-7-20-46)42-60(55)51-34-39-58-57-26-11-14-29-63(57)68(64(58)43-51)52-23-8-3-9-24-52/h1-44H. The highest BCUT2D eigenvalue weighted by Crippen LogP contribution is 2.47. The highest BCUT2D eigenvalue weighted by Gasteiger charge is 2.22. The van der Waals surface area contributed by atoms with Crippen LogP contribution >= 0.6 is 0 Å². The van der Waals surface area contributed by atoms with Crippen molar-refractivity contribution in [3.63, 3.8) is 0 Å². The predicted octanol–water partition coefficient (Wildman–Crippen LogP) is 18.5. The number of furan rings is 1. The molecule has 0 aliphatic carbocycles. The highest BCUT2D eigenvalue weighted by molar-refractivity contribution is 6.11. The van der Waals surface area contributed by atoms with Gasteiger partial charge in [-0.1, -0.05) is 188 Å². The number of rotatable bonds is 9. The maximum Gasteiger partial charge on any atom is 0.135 e. The fourth-order valence-electron chi connectivity index (χ4n) is 10.3. The average molecular weight is 881 g/mol. The van der Waals surface area contributed by atoms with Gasteiger partial charge in [-0.05, 0) is 129 Å². The maximum atomic E-state index is 6.37. The highest BCUT2D eigenvalue weighted by atomic mass is 16.3. The van der Waals surface area contributed by atoms with E-state index in [9.17, 15) is 0 Å². The van der Waals surface area contributed by atoms with Gasteiger partial charge in [-0.15, -0.1) is 0 Å². The monoisotopic (exact) mass is 880 g/mol. The summed E-state index contributed by atoms with van der Waals surface area (Å²) in [4.78, 5) is 2.41. The Morgan fingerprint density at radius 1 is 0.275 bits per heavy atom. The van der Waals surface area contributed by atoms with E-state index in [0.29, 0.717) is 0 Å². The van der Waals surface area contributed by atoms with Crippen LogP contribution < -0.4 is 4.90 Å². The van der Waals surface area contributed by atoms with Crippen LogP contribution in [0.25, 0.3) is 105 Å². The zero-order valence-electron chi connectivity index (χ0n) is 37.7. The topological polar surface area (TPSA) is 21.3 Å². The molecule has 0 saturated heterocycles. The first-order chi connectivity index (χ1) is 34.2. The first-order valence-electron chi connectivity index (χ1n) is 23.6. The van der Waals surface area contributed by atoms with Gasteiger partial charge in [0.15, 0.2) is 0 Å². The normalized spacial score (nSPS) is 11.5. The van der Waals surface area contributed by atoms with Crippen molar-refractivity contribution in [1.29, 1.82) is 0 Å². The molecule has 0 aliphatic heterocycles. The predicted molar refractivity (Wildman–Crippen MR) is 290 cm³/mol. The van der Waals surface area contributed by atoms with Gasteiger partial charge in [-0.25, -0.2) is 0 Å². The molecule has 13 aromatic rings. The van der Waals surface area contributed by atoms with Gasteiger partial charge in [0.2, 0.25) is 0 Å². The SMILES string of the molecule is c1ccc(-c2ccc(N(c3ccc4oc5ccccc5c4c3)c3ccccc3-c3ccc(-c4cccc(-c5ccccc5)c4)cc3-c3ccc4c5ccccc5n(-c5ccccc5)c4c3)cc2)cc1. The second-order valence-corrected chi connectivity index (χ2v) is 17.7. The summed E-state index contributed by atoms with van der Waals surface area (Å²) in [5, 5.41) is 4.63.